The topological polar surface area (TPSA) is 111 Å². The maximum absolute atomic E-state index is 12.1. The van der Waals surface area contributed by atoms with Gasteiger partial charge >= 0.3 is 12.0 Å². The van der Waals surface area contributed by atoms with E-state index in [1.54, 1.807) is 36.4 Å². The van der Waals surface area contributed by atoms with Crippen molar-refractivity contribution in [2.45, 2.75) is 6.10 Å². The Balaban J connectivity index is 2.23. The molecule has 1 heterocycles. The van der Waals surface area contributed by atoms with Gasteiger partial charge in [-0.25, -0.2) is 9.59 Å². The molecule has 3 amide bonds. The van der Waals surface area contributed by atoms with E-state index in [0.717, 1.165) is 0 Å². The van der Waals surface area contributed by atoms with E-state index < -0.39 is 24.0 Å². The fourth-order valence-corrected chi connectivity index (χ4v) is 1.75. The zero-order valence-corrected chi connectivity index (χ0v) is 11.4. The van der Waals surface area contributed by atoms with Gasteiger partial charge in [-0.05, 0) is 12.1 Å². The average Bonchev–Trinajstić information content (AvgIpc) is 2.53. The summed E-state index contributed by atoms with van der Waals surface area (Å²) in [6.07, 6.45) is 1.53. The molecule has 0 aliphatic carbocycles. The number of carbonyl (C=O) groups is 3. The standard InChI is InChI=1S/C15H13N3O4/c16-15(21)18-13(19)12(10-5-2-1-3-6-10)22-14(20)11-7-4-8-17-9-11/h1-9,12H,(H3,16,18,19,21)/t12-/m1/s1. The highest BCUT2D eigenvalue weighted by atomic mass is 16.5. The minimum atomic E-state index is -1.29. The average molecular weight is 299 g/mol. The maximum Gasteiger partial charge on any atom is 0.340 e. The molecule has 2 aromatic rings. The Kier molecular flexibility index (Phi) is 4.81. The number of pyridine rings is 1. The van der Waals surface area contributed by atoms with Crippen molar-refractivity contribution in [3.8, 4) is 0 Å². The van der Waals surface area contributed by atoms with Crippen LogP contribution in [0.3, 0.4) is 0 Å². The summed E-state index contributed by atoms with van der Waals surface area (Å²) < 4.78 is 5.19. The minimum absolute atomic E-state index is 0.190. The Morgan fingerprint density at radius 3 is 2.41 bits per heavy atom. The van der Waals surface area contributed by atoms with Crippen molar-refractivity contribution in [3.05, 3.63) is 66.0 Å². The fraction of sp³-hybridized carbons (Fsp3) is 0.0667. The first-order valence-electron chi connectivity index (χ1n) is 6.34. The Hall–Kier alpha value is -3.22. The lowest BCUT2D eigenvalue weighted by molar-refractivity contribution is -0.129. The summed E-state index contributed by atoms with van der Waals surface area (Å²) in [5.74, 6) is -1.56. The van der Waals surface area contributed by atoms with Gasteiger partial charge in [-0.2, -0.15) is 0 Å². The minimum Gasteiger partial charge on any atom is -0.444 e. The van der Waals surface area contributed by atoms with E-state index in [-0.39, 0.29) is 5.56 Å². The molecule has 22 heavy (non-hydrogen) atoms. The summed E-state index contributed by atoms with van der Waals surface area (Å²) in [6, 6.07) is 10.3. The van der Waals surface area contributed by atoms with Crippen LogP contribution in [0.4, 0.5) is 4.79 Å². The van der Waals surface area contributed by atoms with E-state index >= 15 is 0 Å². The summed E-state index contributed by atoms with van der Waals surface area (Å²) in [7, 11) is 0. The van der Waals surface area contributed by atoms with Crippen molar-refractivity contribution in [2.75, 3.05) is 0 Å². The van der Waals surface area contributed by atoms with Crippen LogP contribution in [0.15, 0.2) is 54.9 Å². The third-order valence-electron chi connectivity index (χ3n) is 2.71. The smallest absolute Gasteiger partial charge is 0.340 e. The SMILES string of the molecule is NC(=O)NC(=O)[C@H](OC(=O)c1cccnc1)c1ccccc1. The van der Waals surface area contributed by atoms with Crippen LogP contribution < -0.4 is 11.1 Å². The van der Waals surface area contributed by atoms with Crippen LogP contribution >= 0.6 is 0 Å². The van der Waals surface area contributed by atoms with Crippen LogP contribution in [0.5, 0.6) is 0 Å². The Morgan fingerprint density at radius 1 is 1.09 bits per heavy atom. The number of nitrogens with zero attached hydrogens (tertiary/aromatic N) is 1. The lowest BCUT2D eigenvalue weighted by Crippen LogP contribution is -2.39. The number of nitrogens with one attached hydrogen (secondary N) is 1. The third kappa shape index (κ3) is 3.89. The van der Waals surface area contributed by atoms with Crippen molar-refractivity contribution < 1.29 is 19.1 Å². The molecule has 112 valence electrons. The van der Waals surface area contributed by atoms with Gasteiger partial charge in [0.05, 0.1) is 5.56 Å². The molecule has 0 saturated heterocycles. The summed E-state index contributed by atoms with van der Waals surface area (Å²) in [4.78, 5) is 38.7. The number of ether oxygens (including phenoxy) is 1. The zero-order chi connectivity index (χ0) is 15.9. The fourth-order valence-electron chi connectivity index (χ4n) is 1.75. The molecule has 0 spiro atoms. The van der Waals surface area contributed by atoms with E-state index in [9.17, 15) is 14.4 Å². The summed E-state index contributed by atoms with van der Waals surface area (Å²) in [6.45, 7) is 0. The predicted octanol–water partition coefficient (Wildman–Crippen LogP) is 1.17. The predicted molar refractivity (Wildman–Crippen MR) is 76.6 cm³/mol. The number of nitrogens with two attached hydrogens (primary N) is 1. The largest absolute Gasteiger partial charge is 0.444 e. The normalized spacial score (nSPS) is 11.3. The van der Waals surface area contributed by atoms with Crippen LogP contribution in [0, 0.1) is 0 Å². The number of esters is 1. The number of rotatable bonds is 4. The van der Waals surface area contributed by atoms with Crippen LogP contribution in [0.1, 0.15) is 22.0 Å². The van der Waals surface area contributed by atoms with Gasteiger partial charge in [-0.1, -0.05) is 30.3 Å². The summed E-state index contributed by atoms with van der Waals surface area (Å²) >= 11 is 0. The molecule has 0 radical (unpaired) electrons. The van der Waals surface area contributed by atoms with Crippen LogP contribution in [0.2, 0.25) is 0 Å². The van der Waals surface area contributed by atoms with Gasteiger partial charge in [0.25, 0.3) is 5.91 Å². The second-order valence-corrected chi connectivity index (χ2v) is 4.29. The zero-order valence-electron chi connectivity index (χ0n) is 11.4. The molecular formula is C15H13N3O4. The maximum atomic E-state index is 12.1. The van der Waals surface area contributed by atoms with Gasteiger partial charge in [-0.3, -0.25) is 15.1 Å². The molecular weight excluding hydrogens is 286 g/mol. The molecule has 1 aromatic heterocycles. The highest BCUT2D eigenvalue weighted by Gasteiger charge is 2.26. The highest BCUT2D eigenvalue weighted by Crippen LogP contribution is 2.19. The Morgan fingerprint density at radius 2 is 1.82 bits per heavy atom. The molecule has 1 atom stereocenters. The second kappa shape index (κ2) is 6.98. The van der Waals surface area contributed by atoms with Gasteiger partial charge in [0.2, 0.25) is 6.10 Å². The van der Waals surface area contributed by atoms with Gasteiger partial charge in [0.1, 0.15) is 0 Å². The van der Waals surface area contributed by atoms with Crippen molar-refractivity contribution in [1.29, 1.82) is 0 Å². The van der Waals surface area contributed by atoms with Gasteiger partial charge < -0.3 is 10.5 Å². The number of primary amides is 1. The molecule has 0 bridgehead atoms. The summed E-state index contributed by atoms with van der Waals surface area (Å²) in [5.41, 5.74) is 5.54. The molecule has 0 fully saturated rings. The number of urea groups is 1. The third-order valence-corrected chi connectivity index (χ3v) is 2.71. The van der Waals surface area contributed by atoms with Crippen LogP contribution in [-0.4, -0.2) is 22.9 Å². The van der Waals surface area contributed by atoms with E-state index in [4.69, 9.17) is 10.5 Å². The number of carbonyl (C=O) groups excluding carboxylic acids is 3. The number of hydrogen-bond acceptors (Lipinski definition) is 5. The van der Waals surface area contributed by atoms with E-state index in [0.29, 0.717) is 5.56 Å². The molecule has 0 aliphatic heterocycles. The van der Waals surface area contributed by atoms with Crippen molar-refractivity contribution in [1.82, 2.24) is 10.3 Å². The first-order valence-corrected chi connectivity index (χ1v) is 6.34. The molecule has 0 aliphatic rings. The van der Waals surface area contributed by atoms with Crippen LogP contribution in [-0.2, 0) is 9.53 Å². The molecule has 0 saturated carbocycles. The molecule has 1 aromatic carbocycles. The number of aromatic nitrogens is 1. The van der Waals surface area contributed by atoms with Crippen molar-refractivity contribution in [2.24, 2.45) is 5.73 Å². The first kappa shape index (κ1) is 15.2. The number of imide groups is 1. The van der Waals surface area contributed by atoms with Gasteiger partial charge in [0.15, 0.2) is 0 Å². The molecule has 7 nitrogen and oxygen atoms in total. The highest BCUT2D eigenvalue weighted by molar-refractivity contribution is 5.98. The van der Waals surface area contributed by atoms with E-state index in [2.05, 4.69) is 4.98 Å². The lowest BCUT2D eigenvalue weighted by Gasteiger charge is -2.16. The quantitative estimate of drug-likeness (QED) is 0.823. The Bertz CT molecular complexity index is 674. The van der Waals surface area contributed by atoms with Crippen molar-refractivity contribution in [3.63, 3.8) is 0 Å². The second-order valence-electron chi connectivity index (χ2n) is 4.29. The molecule has 3 N–H and O–H groups in total. The number of amides is 3. The van der Waals surface area contributed by atoms with Crippen LogP contribution in [0.25, 0.3) is 0 Å². The van der Waals surface area contributed by atoms with E-state index in [1.165, 1.54) is 18.5 Å². The molecule has 2 rings (SSSR count). The molecule has 7 heteroatoms. The number of benzene rings is 1. The van der Waals surface area contributed by atoms with Gasteiger partial charge in [0, 0.05) is 18.0 Å². The van der Waals surface area contributed by atoms with Crippen molar-refractivity contribution >= 4 is 17.9 Å². The van der Waals surface area contributed by atoms with Gasteiger partial charge in [-0.15, -0.1) is 0 Å². The van der Waals surface area contributed by atoms with E-state index in [1.807, 2.05) is 5.32 Å². The number of hydrogen-bond donors (Lipinski definition) is 2. The summed E-state index contributed by atoms with van der Waals surface area (Å²) in [5, 5.41) is 1.91. The molecule has 0 unspecified atom stereocenters. The first-order chi connectivity index (χ1) is 10.6. The monoisotopic (exact) mass is 299 g/mol. The lowest BCUT2D eigenvalue weighted by atomic mass is 10.1. The Labute approximate surface area is 126 Å².